The minimum atomic E-state index is -0.501. The van der Waals surface area contributed by atoms with Crippen molar-refractivity contribution in [3.05, 3.63) is 29.6 Å². The molecule has 0 bridgehead atoms. The van der Waals surface area contributed by atoms with Gasteiger partial charge in [-0.05, 0) is 50.4 Å². The number of likely N-dealkylation sites (tertiary alicyclic amines) is 1. The largest absolute Gasteiger partial charge is 0.494 e. The highest BCUT2D eigenvalue weighted by Gasteiger charge is 2.27. The minimum Gasteiger partial charge on any atom is -0.494 e. The standard InChI is InChI=1S/C20H29FN2O2/c1-25-19-11-10-15(13-18(19)21)20(24)22-16-7-6-12-23(14-16)17-8-4-2-3-5-9-17/h10-11,13,16-17H,2-9,12,14H2,1H3,(H,22,24). The van der Waals surface area contributed by atoms with Crippen LogP contribution in [0.5, 0.6) is 5.75 Å². The summed E-state index contributed by atoms with van der Waals surface area (Å²) in [5.41, 5.74) is 0.352. The van der Waals surface area contributed by atoms with Gasteiger partial charge in [0.15, 0.2) is 11.6 Å². The Bertz CT molecular complexity index is 585. The molecular weight excluding hydrogens is 319 g/mol. The van der Waals surface area contributed by atoms with Gasteiger partial charge < -0.3 is 10.1 Å². The van der Waals surface area contributed by atoms with Crippen molar-refractivity contribution in [2.24, 2.45) is 0 Å². The maximum Gasteiger partial charge on any atom is 0.251 e. The maximum atomic E-state index is 13.8. The van der Waals surface area contributed by atoms with Crippen molar-refractivity contribution in [2.45, 2.75) is 63.5 Å². The number of hydrogen-bond acceptors (Lipinski definition) is 3. The van der Waals surface area contributed by atoms with E-state index in [4.69, 9.17) is 4.74 Å². The Morgan fingerprint density at radius 1 is 1.16 bits per heavy atom. The van der Waals surface area contributed by atoms with E-state index in [2.05, 4.69) is 10.2 Å². The van der Waals surface area contributed by atoms with Gasteiger partial charge in [0.1, 0.15) is 0 Å². The number of nitrogens with one attached hydrogen (secondary N) is 1. The van der Waals surface area contributed by atoms with E-state index in [1.165, 1.54) is 57.8 Å². The summed E-state index contributed by atoms with van der Waals surface area (Å²) < 4.78 is 18.7. The highest BCUT2D eigenvalue weighted by Crippen LogP contribution is 2.25. The maximum absolute atomic E-state index is 13.8. The zero-order valence-electron chi connectivity index (χ0n) is 15.1. The monoisotopic (exact) mass is 348 g/mol. The van der Waals surface area contributed by atoms with Gasteiger partial charge in [-0.1, -0.05) is 25.7 Å². The van der Waals surface area contributed by atoms with Crippen molar-refractivity contribution in [1.82, 2.24) is 10.2 Å². The van der Waals surface area contributed by atoms with Gasteiger partial charge in [-0.3, -0.25) is 9.69 Å². The molecule has 1 aliphatic heterocycles. The van der Waals surface area contributed by atoms with Crippen LogP contribution in [0.2, 0.25) is 0 Å². The van der Waals surface area contributed by atoms with Crippen LogP contribution in [0.1, 0.15) is 61.7 Å². The Hall–Kier alpha value is -1.62. The van der Waals surface area contributed by atoms with Gasteiger partial charge >= 0.3 is 0 Å². The van der Waals surface area contributed by atoms with Crippen LogP contribution in [0, 0.1) is 5.82 Å². The predicted molar refractivity (Wildman–Crippen MR) is 96.5 cm³/mol. The topological polar surface area (TPSA) is 41.6 Å². The number of carbonyl (C=O) groups excluding carboxylic acids is 1. The van der Waals surface area contributed by atoms with Crippen molar-refractivity contribution in [1.29, 1.82) is 0 Å². The van der Waals surface area contributed by atoms with E-state index >= 15 is 0 Å². The van der Waals surface area contributed by atoms with Crippen LogP contribution in [-0.2, 0) is 0 Å². The molecule has 2 fully saturated rings. The lowest BCUT2D eigenvalue weighted by atomic mass is 9.99. The third kappa shape index (κ3) is 4.72. The van der Waals surface area contributed by atoms with Gasteiger partial charge in [0.05, 0.1) is 7.11 Å². The molecular formula is C20H29FN2O2. The quantitative estimate of drug-likeness (QED) is 0.843. The van der Waals surface area contributed by atoms with E-state index < -0.39 is 5.82 Å². The SMILES string of the molecule is COc1ccc(C(=O)NC2CCCN(C3CCCCCC3)C2)cc1F. The third-order valence-corrected chi connectivity index (χ3v) is 5.54. The van der Waals surface area contributed by atoms with E-state index in [0.29, 0.717) is 11.6 Å². The smallest absolute Gasteiger partial charge is 0.251 e. The summed E-state index contributed by atoms with van der Waals surface area (Å²) in [5.74, 6) is -0.540. The average molecular weight is 348 g/mol. The molecule has 2 aliphatic rings. The molecule has 5 heteroatoms. The molecule has 138 valence electrons. The molecule has 0 aromatic heterocycles. The second kappa shape index (κ2) is 8.65. The molecule has 0 radical (unpaired) electrons. The summed E-state index contributed by atoms with van der Waals surface area (Å²) in [4.78, 5) is 15.0. The van der Waals surface area contributed by atoms with E-state index in [1.807, 2.05) is 0 Å². The lowest BCUT2D eigenvalue weighted by Crippen LogP contribution is -2.50. The Labute approximate surface area is 149 Å². The summed E-state index contributed by atoms with van der Waals surface area (Å²) in [6.07, 6.45) is 10.0. The molecule has 1 aromatic carbocycles. The molecule has 1 aliphatic carbocycles. The van der Waals surface area contributed by atoms with Gasteiger partial charge in [0.25, 0.3) is 5.91 Å². The van der Waals surface area contributed by atoms with Crippen LogP contribution in [0.3, 0.4) is 0 Å². The number of piperidine rings is 1. The zero-order valence-corrected chi connectivity index (χ0v) is 15.1. The van der Waals surface area contributed by atoms with Gasteiger partial charge in [0, 0.05) is 24.2 Å². The van der Waals surface area contributed by atoms with E-state index in [-0.39, 0.29) is 17.7 Å². The first-order valence-electron chi connectivity index (χ1n) is 9.56. The van der Waals surface area contributed by atoms with Crippen LogP contribution < -0.4 is 10.1 Å². The number of halogens is 1. The molecule has 1 aromatic rings. The third-order valence-electron chi connectivity index (χ3n) is 5.54. The van der Waals surface area contributed by atoms with E-state index in [9.17, 15) is 9.18 Å². The molecule has 1 atom stereocenters. The summed E-state index contributed by atoms with van der Waals surface area (Å²) >= 11 is 0. The fourth-order valence-electron chi connectivity index (χ4n) is 4.16. The number of carbonyl (C=O) groups is 1. The summed E-state index contributed by atoms with van der Waals surface area (Å²) in [6, 6.07) is 5.18. The summed E-state index contributed by atoms with van der Waals surface area (Å²) in [6.45, 7) is 2.04. The molecule has 1 unspecified atom stereocenters. The van der Waals surface area contributed by atoms with Crippen molar-refractivity contribution in [3.8, 4) is 5.75 Å². The summed E-state index contributed by atoms with van der Waals surface area (Å²) in [7, 11) is 1.42. The molecule has 4 nitrogen and oxygen atoms in total. The first-order chi connectivity index (χ1) is 12.2. The Morgan fingerprint density at radius 2 is 1.92 bits per heavy atom. The fraction of sp³-hybridized carbons (Fsp3) is 0.650. The number of rotatable bonds is 4. The minimum absolute atomic E-state index is 0.148. The van der Waals surface area contributed by atoms with Crippen LogP contribution in [0.4, 0.5) is 4.39 Å². The van der Waals surface area contributed by atoms with E-state index in [0.717, 1.165) is 25.9 Å². The van der Waals surface area contributed by atoms with Crippen LogP contribution in [0.25, 0.3) is 0 Å². The zero-order chi connectivity index (χ0) is 17.6. The van der Waals surface area contributed by atoms with Crippen LogP contribution in [0.15, 0.2) is 18.2 Å². The number of nitrogens with zero attached hydrogens (tertiary/aromatic N) is 1. The number of amides is 1. The molecule has 1 saturated carbocycles. The van der Waals surface area contributed by atoms with Gasteiger partial charge in [-0.2, -0.15) is 0 Å². The number of methoxy groups -OCH3 is 1. The van der Waals surface area contributed by atoms with Gasteiger partial charge in [-0.25, -0.2) is 4.39 Å². The van der Waals surface area contributed by atoms with Crippen LogP contribution in [-0.4, -0.2) is 43.1 Å². The molecule has 1 amide bonds. The highest BCUT2D eigenvalue weighted by atomic mass is 19.1. The fourth-order valence-corrected chi connectivity index (χ4v) is 4.16. The van der Waals surface area contributed by atoms with E-state index in [1.54, 1.807) is 6.07 Å². The predicted octanol–water partition coefficient (Wildman–Crippen LogP) is 3.75. The second-order valence-electron chi connectivity index (χ2n) is 7.30. The van der Waals surface area contributed by atoms with Crippen LogP contribution >= 0.6 is 0 Å². The van der Waals surface area contributed by atoms with Crippen molar-refractivity contribution >= 4 is 5.91 Å². The average Bonchev–Trinajstić information content (AvgIpc) is 2.91. The van der Waals surface area contributed by atoms with Crippen molar-refractivity contribution < 1.29 is 13.9 Å². The second-order valence-corrected chi connectivity index (χ2v) is 7.30. The lowest BCUT2D eigenvalue weighted by Gasteiger charge is -2.38. The Kier molecular flexibility index (Phi) is 6.29. The molecule has 0 spiro atoms. The molecule has 25 heavy (non-hydrogen) atoms. The number of ether oxygens (including phenoxy) is 1. The molecule has 1 heterocycles. The molecule has 1 N–H and O–H groups in total. The Morgan fingerprint density at radius 3 is 2.60 bits per heavy atom. The highest BCUT2D eigenvalue weighted by molar-refractivity contribution is 5.94. The van der Waals surface area contributed by atoms with Crippen molar-refractivity contribution in [3.63, 3.8) is 0 Å². The Balaban J connectivity index is 1.58. The lowest BCUT2D eigenvalue weighted by molar-refractivity contribution is 0.0860. The molecule has 3 rings (SSSR count). The van der Waals surface area contributed by atoms with Gasteiger partial charge in [0.2, 0.25) is 0 Å². The number of benzene rings is 1. The first-order valence-corrected chi connectivity index (χ1v) is 9.56. The van der Waals surface area contributed by atoms with Gasteiger partial charge in [-0.15, -0.1) is 0 Å². The van der Waals surface area contributed by atoms with Crippen molar-refractivity contribution in [2.75, 3.05) is 20.2 Å². The number of hydrogen-bond donors (Lipinski definition) is 1. The normalized spacial score (nSPS) is 23.0. The first kappa shape index (κ1) is 18.2. The molecule has 1 saturated heterocycles. The summed E-state index contributed by atoms with van der Waals surface area (Å²) in [5, 5.41) is 3.10.